The predicted molar refractivity (Wildman–Crippen MR) is 111 cm³/mol. The molecular formula is C23H20F6N2O4. The Bertz CT molecular complexity index is 1190. The van der Waals surface area contributed by atoms with Crippen LogP contribution in [0.5, 0.6) is 5.75 Å². The van der Waals surface area contributed by atoms with Gasteiger partial charge in [-0.15, -0.1) is 0 Å². The van der Waals surface area contributed by atoms with Crippen molar-refractivity contribution in [1.82, 2.24) is 9.88 Å². The van der Waals surface area contributed by atoms with E-state index in [0.717, 1.165) is 12.1 Å². The van der Waals surface area contributed by atoms with E-state index in [-0.39, 0.29) is 29.8 Å². The lowest BCUT2D eigenvalue weighted by Crippen LogP contribution is -2.53. The normalized spacial score (nSPS) is 12.5. The molecule has 0 aliphatic carbocycles. The summed E-state index contributed by atoms with van der Waals surface area (Å²) in [6.07, 6.45) is -12.0. The highest BCUT2D eigenvalue weighted by Gasteiger charge is 2.71. The predicted octanol–water partition coefficient (Wildman–Crippen LogP) is 5.24. The van der Waals surface area contributed by atoms with E-state index in [1.165, 1.54) is 4.90 Å². The lowest BCUT2D eigenvalue weighted by atomic mass is 9.92. The Morgan fingerprint density at radius 1 is 1.03 bits per heavy atom. The van der Waals surface area contributed by atoms with Crippen LogP contribution in [0.3, 0.4) is 0 Å². The minimum atomic E-state index is -6.01. The van der Waals surface area contributed by atoms with E-state index in [9.17, 15) is 36.2 Å². The quantitative estimate of drug-likeness (QED) is 0.467. The molecule has 0 atom stereocenters. The molecule has 3 aromatic rings. The number of alkyl halides is 6. The second kappa shape index (κ2) is 9.25. The number of halogens is 6. The first-order valence-electron chi connectivity index (χ1n) is 10.0. The van der Waals surface area contributed by atoms with Gasteiger partial charge in [-0.05, 0) is 43.3 Å². The van der Waals surface area contributed by atoms with E-state index < -0.39 is 23.5 Å². The number of aromatic nitrogens is 1. The zero-order valence-electron chi connectivity index (χ0n) is 18.7. The molecule has 1 heterocycles. The Hall–Kier alpha value is -3.54. The molecule has 0 aliphatic rings. The van der Waals surface area contributed by atoms with Crippen LogP contribution in [0.15, 0.2) is 52.9 Å². The van der Waals surface area contributed by atoms with Crippen molar-refractivity contribution in [2.75, 3.05) is 14.1 Å². The fourth-order valence-electron chi connectivity index (χ4n) is 3.15. The Labute approximate surface area is 195 Å². The maximum absolute atomic E-state index is 13.1. The van der Waals surface area contributed by atoms with Gasteiger partial charge in [0, 0.05) is 30.8 Å². The molecule has 1 aromatic heterocycles. The van der Waals surface area contributed by atoms with Gasteiger partial charge in [0.15, 0.2) is 0 Å². The van der Waals surface area contributed by atoms with Crippen molar-refractivity contribution in [3.8, 4) is 17.2 Å². The number of ether oxygens (including phenoxy) is 1. The zero-order chi connectivity index (χ0) is 26.2. The van der Waals surface area contributed by atoms with Gasteiger partial charge in [0.05, 0.1) is 0 Å². The van der Waals surface area contributed by atoms with Gasteiger partial charge in [0.2, 0.25) is 5.89 Å². The van der Waals surface area contributed by atoms with Gasteiger partial charge in [-0.3, -0.25) is 4.79 Å². The number of rotatable bonds is 6. The van der Waals surface area contributed by atoms with E-state index in [2.05, 4.69) is 4.98 Å². The lowest BCUT2D eigenvalue weighted by Gasteiger charge is -2.32. The Kier molecular flexibility index (Phi) is 6.89. The molecule has 3 rings (SSSR count). The average molecular weight is 502 g/mol. The molecular weight excluding hydrogens is 482 g/mol. The van der Waals surface area contributed by atoms with Crippen molar-refractivity contribution in [2.45, 2.75) is 31.5 Å². The van der Waals surface area contributed by atoms with Crippen molar-refractivity contribution in [3.05, 3.63) is 71.1 Å². The molecule has 0 fully saturated rings. The molecule has 188 valence electrons. The highest BCUT2D eigenvalue weighted by atomic mass is 19.4. The minimum Gasteiger partial charge on any atom is -0.487 e. The van der Waals surface area contributed by atoms with E-state index in [1.807, 2.05) is 0 Å². The second-order valence-corrected chi connectivity index (χ2v) is 7.82. The van der Waals surface area contributed by atoms with Crippen molar-refractivity contribution >= 4 is 5.91 Å². The third-order valence-electron chi connectivity index (χ3n) is 5.13. The maximum Gasteiger partial charge on any atom is 0.430 e. The summed E-state index contributed by atoms with van der Waals surface area (Å²) in [5.74, 6) is -0.0433. The Morgan fingerprint density at radius 2 is 1.63 bits per heavy atom. The Balaban J connectivity index is 1.80. The number of carbonyl (C=O) groups is 1. The van der Waals surface area contributed by atoms with Crippen molar-refractivity contribution in [2.24, 2.45) is 0 Å². The van der Waals surface area contributed by atoms with Crippen molar-refractivity contribution in [3.63, 3.8) is 0 Å². The number of oxazole rings is 1. The standard InChI is InChI=1S/C23H20F6N2O4/c1-13-18(30-19(35-13)14-7-9-15(10-8-14)20(32)31(2)3)12-34-17-6-4-5-16(11-17)21(33,22(24,25)26)23(27,28)29/h4-11,33H,12H2,1-3H3. The van der Waals surface area contributed by atoms with Gasteiger partial charge in [-0.2, -0.15) is 26.3 Å². The van der Waals surface area contributed by atoms with Gasteiger partial charge in [-0.1, -0.05) is 12.1 Å². The molecule has 0 saturated carbocycles. The summed E-state index contributed by atoms with van der Waals surface area (Å²) in [7, 11) is 3.23. The van der Waals surface area contributed by atoms with Crippen LogP contribution in [0.4, 0.5) is 26.3 Å². The summed E-state index contributed by atoms with van der Waals surface area (Å²) in [5.41, 5.74) is -5.25. The number of aryl methyl sites for hydroxylation is 1. The number of hydrogen-bond donors (Lipinski definition) is 1. The van der Waals surface area contributed by atoms with E-state index in [1.54, 1.807) is 45.3 Å². The van der Waals surface area contributed by atoms with E-state index in [0.29, 0.717) is 29.0 Å². The third-order valence-corrected chi connectivity index (χ3v) is 5.13. The van der Waals surface area contributed by atoms with Crippen LogP contribution >= 0.6 is 0 Å². The number of amides is 1. The molecule has 6 nitrogen and oxygen atoms in total. The molecule has 0 saturated heterocycles. The van der Waals surface area contributed by atoms with E-state index >= 15 is 0 Å². The summed E-state index contributed by atoms with van der Waals surface area (Å²) >= 11 is 0. The largest absolute Gasteiger partial charge is 0.487 e. The van der Waals surface area contributed by atoms with Crippen LogP contribution in [-0.4, -0.2) is 47.3 Å². The fourth-order valence-corrected chi connectivity index (χ4v) is 3.15. The highest BCUT2D eigenvalue weighted by Crippen LogP contribution is 2.50. The van der Waals surface area contributed by atoms with E-state index in [4.69, 9.17) is 9.15 Å². The number of nitrogens with zero attached hydrogens (tertiary/aromatic N) is 2. The summed E-state index contributed by atoms with van der Waals surface area (Å²) < 4.78 is 89.8. The number of carbonyl (C=O) groups excluding carboxylic acids is 1. The fraction of sp³-hybridized carbons (Fsp3) is 0.304. The average Bonchev–Trinajstić information content (AvgIpc) is 3.15. The lowest BCUT2D eigenvalue weighted by molar-refractivity contribution is -0.376. The van der Waals surface area contributed by atoms with Gasteiger partial charge < -0.3 is 19.2 Å². The summed E-state index contributed by atoms with van der Waals surface area (Å²) in [6, 6.07) is 9.44. The number of benzene rings is 2. The number of aliphatic hydroxyl groups is 1. The van der Waals surface area contributed by atoms with Crippen LogP contribution in [0.2, 0.25) is 0 Å². The molecule has 1 N–H and O–H groups in total. The first kappa shape index (κ1) is 26.1. The smallest absolute Gasteiger partial charge is 0.430 e. The van der Waals surface area contributed by atoms with Gasteiger partial charge in [-0.25, -0.2) is 4.98 Å². The molecule has 0 aliphatic heterocycles. The van der Waals surface area contributed by atoms with Crippen LogP contribution in [0, 0.1) is 6.92 Å². The highest BCUT2D eigenvalue weighted by molar-refractivity contribution is 5.94. The first-order chi connectivity index (χ1) is 16.1. The zero-order valence-corrected chi connectivity index (χ0v) is 18.7. The van der Waals surface area contributed by atoms with Crippen molar-refractivity contribution in [1.29, 1.82) is 0 Å². The van der Waals surface area contributed by atoms with Gasteiger partial charge in [0.25, 0.3) is 11.5 Å². The summed E-state index contributed by atoms with van der Waals surface area (Å²) in [5, 5.41) is 9.57. The molecule has 1 amide bonds. The van der Waals surface area contributed by atoms with Crippen LogP contribution in [0.25, 0.3) is 11.5 Å². The Morgan fingerprint density at radius 3 is 2.17 bits per heavy atom. The van der Waals surface area contributed by atoms with Crippen molar-refractivity contribution < 1.29 is 45.4 Å². The molecule has 2 aromatic carbocycles. The third kappa shape index (κ3) is 5.11. The number of hydrogen-bond acceptors (Lipinski definition) is 5. The molecule has 0 bridgehead atoms. The topological polar surface area (TPSA) is 75.8 Å². The van der Waals surface area contributed by atoms with Crippen LogP contribution in [0.1, 0.15) is 27.4 Å². The molecule has 0 spiro atoms. The maximum atomic E-state index is 13.1. The monoisotopic (exact) mass is 502 g/mol. The SMILES string of the molecule is Cc1oc(-c2ccc(C(=O)N(C)C)cc2)nc1COc1cccc(C(O)(C(F)(F)F)C(F)(F)F)c1. The molecule has 35 heavy (non-hydrogen) atoms. The first-order valence-corrected chi connectivity index (χ1v) is 10.0. The molecule has 0 radical (unpaired) electrons. The summed E-state index contributed by atoms with van der Waals surface area (Å²) in [4.78, 5) is 17.7. The van der Waals surface area contributed by atoms with Crippen LogP contribution < -0.4 is 4.74 Å². The van der Waals surface area contributed by atoms with Crippen LogP contribution in [-0.2, 0) is 12.2 Å². The van der Waals surface area contributed by atoms with Gasteiger partial charge >= 0.3 is 12.4 Å². The second-order valence-electron chi connectivity index (χ2n) is 7.82. The minimum absolute atomic E-state index is 0.183. The molecule has 0 unspecified atom stereocenters. The summed E-state index contributed by atoms with van der Waals surface area (Å²) in [6.45, 7) is 1.23. The van der Waals surface area contributed by atoms with Gasteiger partial charge in [0.1, 0.15) is 23.8 Å². The molecule has 12 heteroatoms.